The fraction of sp³-hybridized carbons (Fsp3) is 0.547. The Balaban J connectivity index is 1.28. The Kier molecular flexibility index (Phi) is 15.5. The number of pyridine rings is 1. The molecule has 6 bridgehead atoms. The van der Waals surface area contributed by atoms with Gasteiger partial charge in [0.1, 0.15) is 23.9 Å². The number of aryl methyl sites for hydroxylation is 1. The lowest BCUT2D eigenvalue weighted by atomic mass is 9.84. The van der Waals surface area contributed by atoms with Gasteiger partial charge in [-0.15, -0.1) is 0 Å². The second kappa shape index (κ2) is 21.0. The molecule has 0 unspecified atom stereocenters. The molecule has 3 aliphatic rings. The Hall–Kier alpha value is -5.84. The van der Waals surface area contributed by atoms with Gasteiger partial charge in [-0.2, -0.15) is 0 Å². The first kappa shape index (κ1) is 51.0. The van der Waals surface area contributed by atoms with E-state index in [1.807, 2.05) is 64.9 Å². The van der Waals surface area contributed by atoms with Crippen molar-refractivity contribution in [3.63, 3.8) is 0 Å². The number of nitrogens with one attached hydrogen (secondary N) is 2. The lowest BCUT2D eigenvalue weighted by Crippen LogP contribution is -2.62. The van der Waals surface area contributed by atoms with Gasteiger partial charge >= 0.3 is 5.97 Å². The zero-order valence-corrected chi connectivity index (χ0v) is 42.3. The number of aromatic nitrogens is 2. The van der Waals surface area contributed by atoms with Crippen molar-refractivity contribution in [2.45, 2.75) is 117 Å². The molecule has 0 spiro atoms. The maximum Gasteiger partial charge on any atom is 0.324 e. The number of likely N-dealkylation sites (tertiary alicyclic amines) is 1. The van der Waals surface area contributed by atoms with E-state index in [0.717, 1.165) is 44.5 Å². The van der Waals surface area contributed by atoms with Crippen LogP contribution in [-0.4, -0.2) is 143 Å². The van der Waals surface area contributed by atoms with Crippen LogP contribution in [0, 0.1) is 17.3 Å². The molecule has 372 valence electrons. The molecule has 16 nitrogen and oxygen atoms in total. The number of hydrazine groups is 1. The minimum Gasteiger partial charge on any atom is -0.508 e. The number of benzene rings is 2. The highest BCUT2D eigenvalue weighted by atomic mass is 16.5. The number of phenols is 1. The lowest BCUT2D eigenvalue weighted by Gasteiger charge is -2.37. The summed E-state index contributed by atoms with van der Waals surface area (Å²) in [5, 5.41) is 16.8. The van der Waals surface area contributed by atoms with E-state index in [9.17, 15) is 29.1 Å². The van der Waals surface area contributed by atoms with Gasteiger partial charge in [-0.3, -0.25) is 38.9 Å². The molecular weight excluding hydrogens is 877 g/mol. The number of phenolic OH excluding ortho intramolecular Hbond substituents is 1. The van der Waals surface area contributed by atoms with Gasteiger partial charge in [0.2, 0.25) is 17.7 Å². The zero-order valence-electron chi connectivity index (χ0n) is 42.3. The number of hydrogen-bond acceptors (Lipinski definition) is 11. The predicted octanol–water partition coefficient (Wildman–Crippen LogP) is 5.73. The third kappa shape index (κ3) is 10.8. The molecule has 16 heteroatoms. The topological polar surface area (TPSA) is 179 Å². The van der Waals surface area contributed by atoms with E-state index in [4.69, 9.17) is 14.5 Å². The van der Waals surface area contributed by atoms with Crippen molar-refractivity contribution in [2.24, 2.45) is 17.3 Å². The van der Waals surface area contributed by atoms with Crippen molar-refractivity contribution in [3.8, 4) is 28.1 Å². The Bertz CT molecular complexity index is 2570. The molecule has 2 fully saturated rings. The summed E-state index contributed by atoms with van der Waals surface area (Å²) >= 11 is 0. The van der Waals surface area contributed by atoms with Crippen LogP contribution in [0.25, 0.3) is 33.3 Å². The standard InChI is InChI=1S/C53H72N8O8/c1-12-60-44-18-17-35-27-40(44)41(47(60)39-15-13-20-54-45(39)33(5)68-11)28-53(6,7)30-69-52(67)42-16-14-21-61(56-42)51(66)43(25-34-23-37(35)26-38(62)24-34)55-48(63)46(31(2)3)58(10)50(65)36-19-22-59(29-36)49(64)32(4)57(8)9/h13,15,17-18,20,23-24,26-27,31-33,36,42-43,46,56,62H,12,14,16,19,21-22,25,28-30H2,1-11H3,(H,55,63)/t32-,33+,36+,42+,43+,46+/m1/s1. The minimum atomic E-state index is -1.16. The highest BCUT2D eigenvalue weighted by Crippen LogP contribution is 2.42. The molecule has 7 rings (SSSR count). The first-order chi connectivity index (χ1) is 32.7. The number of amides is 4. The highest BCUT2D eigenvalue weighted by molar-refractivity contribution is 5.96. The van der Waals surface area contributed by atoms with Gasteiger partial charge in [0.25, 0.3) is 5.91 Å². The Morgan fingerprint density at radius 3 is 2.46 bits per heavy atom. The third-order valence-electron chi connectivity index (χ3n) is 14.3. The van der Waals surface area contributed by atoms with Gasteiger partial charge in [0.05, 0.1) is 36.1 Å². The van der Waals surface area contributed by atoms with E-state index in [1.165, 1.54) is 9.91 Å². The maximum atomic E-state index is 14.8. The van der Waals surface area contributed by atoms with E-state index in [0.29, 0.717) is 44.3 Å². The second-order valence-corrected chi connectivity index (χ2v) is 20.6. The van der Waals surface area contributed by atoms with E-state index in [-0.39, 0.29) is 61.7 Å². The van der Waals surface area contributed by atoms with Crippen LogP contribution in [0.5, 0.6) is 5.75 Å². The maximum absolute atomic E-state index is 14.8. The monoisotopic (exact) mass is 949 g/mol. The highest BCUT2D eigenvalue weighted by Gasteiger charge is 2.41. The van der Waals surface area contributed by atoms with Crippen molar-refractivity contribution in [3.05, 3.63) is 71.5 Å². The SMILES string of the molecule is CCn1c(-c2cccnc2[C@H](C)OC)c2c3cc(ccc31)-c1cc(O)cc(c1)C[C@H](NC(=O)[C@H](C(C)C)N(C)C(=O)[C@H]1CCN(C(=O)[C@@H](C)N(C)C)C1)C(=O)N1CCC[C@H](N1)C(=O)OCC(C)(C)C2. The molecular formula is C53H72N8O8. The molecule has 2 saturated heterocycles. The van der Waals surface area contributed by atoms with Crippen LogP contribution < -0.4 is 10.7 Å². The molecule has 4 aromatic rings. The van der Waals surface area contributed by atoms with Crippen LogP contribution in [-0.2, 0) is 52.8 Å². The van der Waals surface area contributed by atoms with E-state index in [2.05, 4.69) is 54.3 Å². The molecule has 2 aromatic carbocycles. The van der Waals surface area contributed by atoms with Crippen LogP contribution >= 0.6 is 0 Å². The van der Waals surface area contributed by atoms with Crippen LogP contribution in [0.3, 0.4) is 0 Å². The average molecular weight is 949 g/mol. The summed E-state index contributed by atoms with van der Waals surface area (Å²) in [4.78, 5) is 80.5. The number of fused-ring (bicyclic) bond motifs is 6. The summed E-state index contributed by atoms with van der Waals surface area (Å²) in [6.07, 6.45) is 3.45. The predicted molar refractivity (Wildman–Crippen MR) is 265 cm³/mol. The molecule has 0 saturated carbocycles. The second-order valence-electron chi connectivity index (χ2n) is 20.6. The molecule has 2 aromatic heterocycles. The van der Waals surface area contributed by atoms with Gasteiger partial charge in [-0.1, -0.05) is 39.8 Å². The Labute approximate surface area is 406 Å². The number of ether oxygens (including phenoxy) is 2. The number of methoxy groups -OCH3 is 1. The molecule has 0 radical (unpaired) electrons. The molecule has 69 heavy (non-hydrogen) atoms. The fourth-order valence-electron chi connectivity index (χ4n) is 10.3. The summed E-state index contributed by atoms with van der Waals surface area (Å²) in [6.45, 7) is 15.5. The Morgan fingerprint density at radius 1 is 1.01 bits per heavy atom. The molecule has 4 amide bonds. The van der Waals surface area contributed by atoms with Crippen molar-refractivity contribution < 1.29 is 38.6 Å². The average Bonchev–Trinajstić information content (AvgIpc) is 3.94. The molecule has 5 heterocycles. The summed E-state index contributed by atoms with van der Waals surface area (Å²) in [7, 11) is 6.96. The van der Waals surface area contributed by atoms with Gasteiger partial charge < -0.3 is 34.3 Å². The number of hydrogen-bond donors (Lipinski definition) is 3. The van der Waals surface area contributed by atoms with Crippen LogP contribution in [0.15, 0.2) is 54.7 Å². The Morgan fingerprint density at radius 2 is 1.77 bits per heavy atom. The number of carbonyl (C=O) groups excluding carboxylic acids is 5. The number of nitrogens with zero attached hydrogens (tertiary/aromatic N) is 6. The fourth-order valence-corrected chi connectivity index (χ4v) is 10.3. The molecule has 3 N–H and O–H groups in total. The summed E-state index contributed by atoms with van der Waals surface area (Å²) < 4.78 is 14.2. The van der Waals surface area contributed by atoms with E-state index < -0.39 is 47.2 Å². The first-order valence-corrected chi connectivity index (χ1v) is 24.5. The van der Waals surface area contributed by atoms with Crippen LogP contribution in [0.1, 0.15) is 90.7 Å². The van der Waals surface area contributed by atoms with Crippen LogP contribution in [0.4, 0.5) is 0 Å². The van der Waals surface area contributed by atoms with Gasteiger partial charge in [-0.05, 0) is 125 Å². The first-order valence-electron chi connectivity index (χ1n) is 24.5. The quantitative estimate of drug-likeness (QED) is 0.156. The molecule has 6 atom stereocenters. The van der Waals surface area contributed by atoms with Crippen molar-refractivity contribution in [1.82, 2.24) is 40.0 Å². The number of esters is 1. The van der Waals surface area contributed by atoms with Gasteiger partial charge in [0.15, 0.2) is 0 Å². The summed E-state index contributed by atoms with van der Waals surface area (Å²) in [6, 6.07) is 12.2. The van der Waals surface area contributed by atoms with Crippen molar-refractivity contribution in [2.75, 3.05) is 54.5 Å². The summed E-state index contributed by atoms with van der Waals surface area (Å²) in [5.74, 6) is -2.62. The summed E-state index contributed by atoms with van der Waals surface area (Å²) in [5.41, 5.74) is 9.55. The number of likely N-dealkylation sites (N-methyl/N-ethyl adjacent to an activating group) is 2. The number of cyclic esters (lactones) is 1. The lowest BCUT2D eigenvalue weighted by molar-refractivity contribution is -0.155. The van der Waals surface area contributed by atoms with Gasteiger partial charge in [-0.25, -0.2) is 5.43 Å². The number of rotatable bonds is 11. The van der Waals surface area contributed by atoms with Gasteiger partial charge in [0, 0.05) is 74.8 Å². The minimum absolute atomic E-state index is 0.00892. The normalized spacial score (nSPS) is 21.2. The smallest absolute Gasteiger partial charge is 0.324 e. The van der Waals surface area contributed by atoms with Crippen molar-refractivity contribution in [1.29, 1.82) is 0 Å². The van der Waals surface area contributed by atoms with Crippen molar-refractivity contribution >= 4 is 40.5 Å². The number of carbonyl (C=O) groups is 5. The third-order valence-corrected chi connectivity index (χ3v) is 14.3. The van der Waals surface area contributed by atoms with E-state index in [1.54, 1.807) is 37.4 Å². The largest absolute Gasteiger partial charge is 0.508 e. The zero-order chi connectivity index (χ0) is 50.1. The molecule has 0 aliphatic carbocycles. The molecule has 3 aliphatic heterocycles. The van der Waals surface area contributed by atoms with E-state index >= 15 is 0 Å². The number of aromatic hydroxyl groups is 1. The van der Waals surface area contributed by atoms with Crippen LogP contribution in [0.2, 0.25) is 0 Å².